The minimum absolute atomic E-state index is 0.524. The van der Waals surface area contributed by atoms with E-state index in [4.69, 9.17) is 4.42 Å². The first-order valence-corrected chi connectivity index (χ1v) is 7.37. The molecule has 2 aromatic heterocycles. The molecule has 0 aromatic carbocycles. The highest BCUT2D eigenvalue weighted by Gasteiger charge is 2.24. The molecule has 3 rings (SSSR count). The van der Waals surface area contributed by atoms with Gasteiger partial charge in [0.25, 0.3) is 0 Å². The van der Waals surface area contributed by atoms with Crippen molar-refractivity contribution in [2.45, 2.75) is 52.2 Å². The molecule has 2 aromatic rings. The predicted molar refractivity (Wildman–Crippen MR) is 76.3 cm³/mol. The lowest BCUT2D eigenvalue weighted by molar-refractivity contribution is 0.111. The van der Waals surface area contributed by atoms with Gasteiger partial charge in [-0.3, -0.25) is 9.58 Å². The second-order valence-corrected chi connectivity index (χ2v) is 5.60. The first-order valence-electron chi connectivity index (χ1n) is 7.37. The van der Waals surface area contributed by atoms with Crippen LogP contribution in [0.1, 0.15) is 36.6 Å². The van der Waals surface area contributed by atoms with Crippen molar-refractivity contribution < 1.29 is 4.42 Å². The van der Waals surface area contributed by atoms with Crippen LogP contribution in [0.25, 0.3) is 0 Å². The average Bonchev–Trinajstić information content (AvgIpc) is 3.03. The van der Waals surface area contributed by atoms with Crippen molar-refractivity contribution in [2.75, 3.05) is 6.54 Å². The van der Waals surface area contributed by atoms with Gasteiger partial charge in [-0.05, 0) is 39.3 Å². The fourth-order valence-electron chi connectivity index (χ4n) is 2.88. The van der Waals surface area contributed by atoms with Crippen molar-refractivity contribution >= 4 is 0 Å². The summed E-state index contributed by atoms with van der Waals surface area (Å²) in [6.07, 6.45) is 7.65. The molecule has 0 saturated carbocycles. The van der Waals surface area contributed by atoms with Gasteiger partial charge in [0, 0.05) is 18.4 Å². The number of aryl methyl sites for hydroxylation is 2. The second kappa shape index (κ2) is 5.79. The van der Waals surface area contributed by atoms with Gasteiger partial charge < -0.3 is 4.42 Å². The van der Waals surface area contributed by atoms with Crippen LogP contribution in [-0.2, 0) is 13.1 Å². The standard InChI is InChI=1S/C15H22N4O/c1-12-13(2)20-15(17-12)11-18-8-4-3-6-14(18)10-19-9-5-7-16-19/h5,7,9,14H,3-4,6,8,10-11H2,1-2H3. The molecule has 1 atom stereocenters. The largest absolute Gasteiger partial charge is 0.444 e. The molecule has 0 amide bonds. The third-order valence-corrected chi connectivity index (χ3v) is 4.12. The molecule has 108 valence electrons. The van der Waals surface area contributed by atoms with Gasteiger partial charge in [0.2, 0.25) is 5.89 Å². The Hall–Kier alpha value is -1.62. The Kier molecular flexibility index (Phi) is 3.87. The van der Waals surface area contributed by atoms with Gasteiger partial charge in [0.1, 0.15) is 5.76 Å². The lowest BCUT2D eigenvalue weighted by atomic mass is 10.0. The summed E-state index contributed by atoms with van der Waals surface area (Å²) in [7, 11) is 0. The predicted octanol–water partition coefficient (Wildman–Crippen LogP) is 2.54. The molecular weight excluding hydrogens is 252 g/mol. The van der Waals surface area contributed by atoms with Crippen LogP contribution in [0.4, 0.5) is 0 Å². The van der Waals surface area contributed by atoms with E-state index < -0.39 is 0 Å². The summed E-state index contributed by atoms with van der Waals surface area (Å²) in [4.78, 5) is 6.99. The van der Waals surface area contributed by atoms with E-state index in [1.165, 1.54) is 19.3 Å². The average molecular weight is 274 g/mol. The quantitative estimate of drug-likeness (QED) is 0.859. The molecule has 3 heterocycles. The number of likely N-dealkylation sites (tertiary alicyclic amines) is 1. The number of rotatable bonds is 4. The minimum Gasteiger partial charge on any atom is -0.444 e. The molecule has 0 radical (unpaired) electrons. The monoisotopic (exact) mass is 274 g/mol. The molecule has 0 bridgehead atoms. The van der Waals surface area contributed by atoms with E-state index in [9.17, 15) is 0 Å². The van der Waals surface area contributed by atoms with Gasteiger partial charge in [-0.15, -0.1) is 0 Å². The SMILES string of the molecule is Cc1nc(CN2CCCCC2Cn2cccn2)oc1C. The van der Waals surface area contributed by atoms with E-state index in [0.717, 1.165) is 37.0 Å². The van der Waals surface area contributed by atoms with Gasteiger partial charge in [-0.1, -0.05) is 6.42 Å². The molecule has 1 unspecified atom stereocenters. The highest BCUT2D eigenvalue weighted by Crippen LogP contribution is 2.21. The number of hydrogen-bond donors (Lipinski definition) is 0. The van der Waals surface area contributed by atoms with Crippen molar-refractivity contribution in [1.82, 2.24) is 19.7 Å². The Bertz CT molecular complexity index is 527. The number of nitrogens with zero attached hydrogens (tertiary/aromatic N) is 4. The third-order valence-electron chi connectivity index (χ3n) is 4.12. The zero-order chi connectivity index (χ0) is 13.9. The maximum Gasteiger partial charge on any atom is 0.208 e. The van der Waals surface area contributed by atoms with Crippen LogP contribution >= 0.6 is 0 Å². The van der Waals surface area contributed by atoms with Crippen molar-refractivity contribution in [3.8, 4) is 0 Å². The molecule has 5 heteroatoms. The van der Waals surface area contributed by atoms with Crippen molar-refractivity contribution in [3.63, 3.8) is 0 Å². The summed E-state index contributed by atoms with van der Waals surface area (Å²) in [6.45, 7) is 6.85. The Morgan fingerprint density at radius 3 is 2.95 bits per heavy atom. The normalized spacial score (nSPS) is 20.4. The topological polar surface area (TPSA) is 47.1 Å². The fraction of sp³-hybridized carbons (Fsp3) is 0.600. The van der Waals surface area contributed by atoms with Crippen LogP contribution in [0.2, 0.25) is 0 Å². The maximum atomic E-state index is 5.73. The summed E-state index contributed by atoms with van der Waals surface area (Å²) < 4.78 is 7.75. The fourth-order valence-corrected chi connectivity index (χ4v) is 2.88. The van der Waals surface area contributed by atoms with Crippen molar-refractivity contribution in [3.05, 3.63) is 35.8 Å². The zero-order valence-electron chi connectivity index (χ0n) is 12.2. The molecule has 1 saturated heterocycles. The number of piperidine rings is 1. The van der Waals surface area contributed by atoms with E-state index >= 15 is 0 Å². The molecule has 1 fully saturated rings. The first-order chi connectivity index (χ1) is 9.72. The third kappa shape index (κ3) is 2.93. The molecule has 20 heavy (non-hydrogen) atoms. The Labute approximate surface area is 119 Å². The van der Waals surface area contributed by atoms with Crippen LogP contribution in [0.5, 0.6) is 0 Å². The molecule has 1 aliphatic rings. The number of oxazole rings is 1. The molecule has 5 nitrogen and oxygen atoms in total. The molecule has 1 aliphatic heterocycles. The number of aromatic nitrogens is 3. The van der Waals surface area contributed by atoms with Crippen LogP contribution in [0, 0.1) is 13.8 Å². The Morgan fingerprint density at radius 1 is 1.35 bits per heavy atom. The summed E-state index contributed by atoms with van der Waals surface area (Å²) in [6, 6.07) is 2.50. The molecule has 0 aliphatic carbocycles. The molecular formula is C15H22N4O. The van der Waals surface area contributed by atoms with E-state index in [1.807, 2.05) is 37.0 Å². The van der Waals surface area contributed by atoms with Gasteiger partial charge in [-0.25, -0.2) is 4.98 Å². The second-order valence-electron chi connectivity index (χ2n) is 5.60. The van der Waals surface area contributed by atoms with Gasteiger partial charge in [0.05, 0.1) is 18.8 Å². The lowest BCUT2D eigenvalue weighted by Gasteiger charge is -2.34. The van der Waals surface area contributed by atoms with Crippen LogP contribution in [0.3, 0.4) is 0 Å². The number of hydrogen-bond acceptors (Lipinski definition) is 4. The van der Waals surface area contributed by atoms with Crippen molar-refractivity contribution in [2.24, 2.45) is 0 Å². The summed E-state index contributed by atoms with van der Waals surface area (Å²) in [5.41, 5.74) is 1.00. The van der Waals surface area contributed by atoms with Crippen LogP contribution in [0.15, 0.2) is 22.9 Å². The van der Waals surface area contributed by atoms with Crippen LogP contribution in [-0.4, -0.2) is 32.3 Å². The smallest absolute Gasteiger partial charge is 0.208 e. The molecule has 0 spiro atoms. The summed E-state index contributed by atoms with van der Waals surface area (Å²) in [5, 5.41) is 4.32. The highest BCUT2D eigenvalue weighted by atomic mass is 16.4. The Morgan fingerprint density at radius 2 is 2.25 bits per heavy atom. The molecule has 0 N–H and O–H groups in total. The van der Waals surface area contributed by atoms with Gasteiger partial charge in [0.15, 0.2) is 0 Å². The first kappa shape index (κ1) is 13.4. The summed E-state index contributed by atoms with van der Waals surface area (Å²) >= 11 is 0. The zero-order valence-corrected chi connectivity index (χ0v) is 12.2. The van der Waals surface area contributed by atoms with Crippen molar-refractivity contribution in [1.29, 1.82) is 0 Å². The lowest BCUT2D eigenvalue weighted by Crippen LogP contribution is -2.41. The minimum atomic E-state index is 0.524. The summed E-state index contributed by atoms with van der Waals surface area (Å²) in [5.74, 6) is 1.77. The maximum absolute atomic E-state index is 5.73. The highest BCUT2D eigenvalue weighted by molar-refractivity contribution is 5.05. The van der Waals surface area contributed by atoms with E-state index in [-0.39, 0.29) is 0 Å². The Balaban J connectivity index is 1.68. The van der Waals surface area contributed by atoms with Crippen LogP contribution < -0.4 is 0 Å². The van der Waals surface area contributed by atoms with Gasteiger partial charge >= 0.3 is 0 Å². The van der Waals surface area contributed by atoms with E-state index in [0.29, 0.717) is 6.04 Å². The van der Waals surface area contributed by atoms with E-state index in [1.54, 1.807) is 0 Å². The van der Waals surface area contributed by atoms with Gasteiger partial charge in [-0.2, -0.15) is 5.10 Å². The van der Waals surface area contributed by atoms with E-state index in [2.05, 4.69) is 15.0 Å².